The van der Waals surface area contributed by atoms with Gasteiger partial charge in [-0.15, -0.1) is 0 Å². The molecule has 0 fully saturated rings. The van der Waals surface area contributed by atoms with Gasteiger partial charge in [0, 0.05) is 34.8 Å². The van der Waals surface area contributed by atoms with E-state index in [0.29, 0.717) is 23.3 Å². The molecule has 44 heavy (non-hydrogen) atoms. The molecule has 0 amide bonds. The zero-order valence-corrected chi connectivity index (χ0v) is 28.0. The lowest BCUT2D eigenvalue weighted by atomic mass is 9.66. The van der Waals surface area contributed by atoms with Crippen LogP contribution in [0.5, 0.6) is 23.0 Å². The Morgan fingerprint density at radius 1 is 0.705 bits per heavy atom. The Labute approximate surface area is 265 Å². The first-order valence-corrected chi connectivity index (χ1v) is 17.4. The van der Waals surface area contributed by atoms with Crippen molar-refractivity contribution in [1.29, 1.82) is 0 Å². The van der Waals surface area contributed by atoms with Crippen LogP contribution < -0.4 is 9.47 Å². The molecule has 0 spiro atoms. The molecular weight excluding hydrogens is 544 g/mol. The van der Waals surface area contributed by atoms with Gasteiger partial charge in [-0.3, -0.25) is 0 Å². The second kappa shape index (κ2) is 12.1. The Morgan fingerprint density at radius 3 is 1.82 bits per heavy atom. The number of benzene rings is 2. The van der Waals surface area contributed by atoms with Gasteiger partial charge in [0.15, 0.2) is 0 Å². The van der Waals surface area contributed by atoms with Crippen molar-refractivity contribution in [2.24, 2.45) is 11.8 Å². The second-order valence-corrected chi connectivity index (χ2v) is 15.2. The maximum atomic E-state index is 11.2. The van der Waals surface area contributed by atoms with E-state index in [4.69, 9.17) is 9.47 Å². The summed E-state index contributed by atoms with van der Waals surface area (Å²) in [5, 5.41) is 22.4. The summed E-state index contributed by atoms with van der Waals surface area (Å²) in [7, 11) is 0. The molecule has 2 aromatic carbocycles. The van der Waals surface area contributed by atoms with E-state index in [2.05, 4.69) is 65.8 Å². The number of ether oxygens (including phenoxy) is 2. The molecule has 0 saturated carbocycles. The first-order valence-electron chi connectivity index (χ1n) is 17.4. The Balaban J connectivity index is 1.17. The zero-order chi connectivity index (χ0) is 31.2. The van der Waals surface area contributed by atoms with Gasteiger partial charge in [-0.1, -0.05) is 43.1 Å². The van der Waals surface area contributed by atoms with E-state index in [0.717, 1.165) is 92.4 Å². The second-order valence-electron chi connectivity index (χ2n) is 15.2. The quantitative estimate of drug-likeness (QED) is 0.223. The Morgan fingerprint density at radius 2 is 1.23 bits per heavy atom. The third-order valence-corrected chi connectivity index (χ3v) is 11.4. The summed E-state index contributed by atoms with van der Waals surface area (Å²) in [6, 6.07) is 8.37. The molecule has 1 unspecified atom stereocenters. The minimum atomic E-state index is -0.283. The van der Waals surface area contributed by atoms with E-state index < -0.39 is 0 Å². The molecule has 4 nitrogen and oxygen atoms in total. The van der Waals surface area contributed by atoms with E-state index in [1.807, 2.05) is 12.1 Å². The van der Waals surface area contributed by atoms with Crippen LogP contribution in [-0.2, 0) is 12.8 Å². The lowest BCUT2D eigenvalue weighted by molar-refractivity contribution is -0.0148. The number of aromatic hydroxyl groups is 2. The van der Waals surface area contributed by atoms with Crippen LogP contribution in [0.1, 0.15) is 140 Å². The molecule has 0 saturated heterocycles. The Hall–Kier alpha value is -2.88. The van der Waals surface area contributed by atoms with Crippen molar-refractivity contribution >= 4 is 0 Å². The molecule has 238 valence electrons. The fourth-order valence-corrected chi connectivity index (χ4v) is 8.94. The molecule has 0 bridgehead atoms. The lowest BCUT2D eigenvalue weighted by Gasteiger charge is -2.48. The fourth-order valence-electron chi connectivity index (χ4n) is 8.94. The van der Waals surface area contributed by atoms with Crippen LogP contribution in [0.4, 0.5) is 0 Å². The summed E-state index contributed by atoms with van der Waals surface area (Å²) >= 11 is 0. The van der Waals surface area contributed by atoms with Gasteiger partial charge in [0.1, 0.15) is 34.2 Å². The number of phenols is 2. The molecule has 6 rings (SSSR count). The van der Waals surface area contributed by atoms with Gasteiger partial charge in [-0.25, -0.2) is 0 Å². The number of fused-ring (bicyclic) bond motifs is 6. The first kappa shape index (κ1) is 31.1. The number of unbranched alkanes of at least 4 members (excludes halogenated alkanes) is 3. The van der Waals surface area contributed by atoms with Crippen LogP contribution in [-0.4, -0.2) is 21.4 Å². The van der Waals surface area contributed by atoms with Crippen molar-refractivity contribution < 1.29 is 19.7 Å². The average Bonchev–Trinajstić information content (AvgIpc) is 2.94. The lowest BCUT2D eigenvalue weighted by Crippen LogP contribution is -2.47. The molecule has 2 aromatic rings. The first-order chi connectivity index (χ1) is 21.0. The maximum Gasteiger partial charge on any atom is 0.127 e. The van der Waals surface area contributed by atoms with Gasteiger partial charge < -0.3 is 19.7 Å². The predicted molar refractivity (Wildman–Crippen MR) is 179 cm³/mol. The van der Waals surface area contributed by atoms with E-state index >= 15 is 0 Å². The Kier molecular flexibility index (Phi) is 8.58. The largest absolute Gasteiger partial charge is 0.507 e. The molecule has 2 aliphatic carbocycles. The van der Waals surface area contributed by atoms with Crippen molar-refractivity contribution in [3.63, 3.8) is 0 Å². The highest BCUT2D eigenvalue weighted by Gasteiger charge is 2.48. The van der Waals surface area contributed by atoms with E-state index in [1.54, 1.807) is 0 Å². The number of phenolic OH excluding ortho intramolecular Hbond substituents is 2. The standard InChI is InChI=1S/C40H54O4/c1-7-8-9-12-27-21-34(42)38-30-20-26(3)15-17-32(30)40(6,44-36(38)24-27)18-11-10-13-28-22-33(41)37-29-19-25(2)14-16-31(29)39(4,5)43-35(37)23-28/h19-24,29-32,41-42H,7-18H2,1-6H3/t29-,30-,31-,32-,40?/m1/s1. The number of hydrogen-bond acceptors (Lipinski definition) is 4. The minimum Gasteiger partial charge on any atom is -0.507 e. The smallest absolute Gasteiger partial charge is 0.127 e. The predicted octanol–water partition coefficient (Wildman–Crippen LogP) is 10.4. The minimum absolute atomic E-state index is 0.196. The van der Waals surface area contributed by atoms with Gasteiger partial charge in [0.2, 0.25) is 0 Å². The molecule has 0 aromatic heterocycles. The number of rotatable bonds is 9. The van der Waals surface area contributed by atoms with Crippen LogP contribution in [0, 0.1) is 11.8 Å². The SMILES string of the molecule is CCCCCc1cc(O)c2c(c1)OC(C)(CCCCc1cc(O)c3c(c1)OC(C)(C)[C@@H]1CCC(C)=C[C@@H]31)[C@@H]1CCC(C)=C[C@@H]21. The molecule has 4 heteroatoms. The van der Waals surface area contributed by atoms with Crippen molar-refractivity contribution in [1.82, 2.24) is 0 Å². The highest BCUT2D eigenvalue weighted by molar-refractivity contribution is 5.55. The Bertz CT molecular complexity index is 1450. The van der Waals surface area contributed by atoms with Crippen molar-refractivity contribution in [2.45, 2.75) is 142 Å². The molecule has 2 aliphatic heterocycles. The highest BCUT2D eigenvalue weighted by Crippen LogP contribution is 2.56. The van der Waals surface area contributed by atoms with Crippen LogP contribution in [0.3, 0.4) is 0 Å². The topological polar surface area (TPSA) is 58.9 Å². The zero-order valence-electron chi connectivity index (χ0n) is 28.0. The number of allylic oxidation sites excluding steroid dienone is 4. The van der Waals surface area contributed by atoms with Gasteiger partial charge in [-0.2, -0.15) is 0 Å². The van der Waals surface area contributed by atoms with Gasteiger partial charge in [0.05, 0.1) is 0 Å². The maximum absolute atomic E-state index is 11.2. The summed E-state index contributed by atoms with van der Waals surface area (Å²) < 4.78 is 13.5. The molecule has 4 aliphatic rings. The normalized spacial score (nSPS) is 28.3. The van der Waals surface area contributed by atoms with Crippen molar-refractivity contribution in [2.75, 3.05) is 0 Å². The van der Waals surface area contributed by atoms with E-state index in [-0.39, 0.29) is 23.0 Å². The van der Waals surface area contributed by atoms with Gasteiger partial charge in [0.25, 0.3) is 0 Å². The molecule has 0 radical (unpaired) electrons. The number of aryl methyl sites for hydroxylation is 2. The van der Waals surface area contributed by atoms with Crippen molar-refractivity contribution in [3.05, 3.63) is 69.8 Å². The molecule has 2 heterocycles. The third-order valence-electron chi connectivity index (χ3n) is 11.4. The molecule has 5 atom stereocenters. The molecular formula is C40H54O4. The van der Waals surface area contributed by atoms with Gasteiger partial charge in [-0.05, 0) is 134 Å². The summed E-state index contributed by atoms with van der Waals surface area (Å²) in [6.07, 6.45) is 17.6. The van der Waals surface area contributed by atoms with Crippen LogP contribution in [0.2, 0.25) is 0 Å². The van der Waals surface area contributed by atoms with E-state index in [9.17, 15) is 10.2 Å². The summed E-state index contributed by atoms with van der Waals surface area (Å²) in [5.74, 6) is 3.67. The summed E-state index contributed by atoms with van der Waals surface area (Å²) in [5.41, 5.74) is 6.57. The average molecular weight is 599 g/mol. The summed E-state index contributed by atoms with van der Waals surface area (Å²) in [6.45, 7) is 13.4. The number of hydrogen-bond donors (Lipinski definition) is 2. The highest BCUT2D eigenvalue weighted by atomic mass is 16.5. The third kappa shape index (κ3) is 5.90. The fraction of sp³-hybridized carbons (Fsp3) is 0.600. The monoisotopic (exact) mass is 598 g/mol. The van der Waals surface area contributed by atoms with Crippen molar-refractivity contribution in [3.8, 4) is 23.0 Å². The summed E-state index contributed by atoms with van der Waals surface area (Å²) in [4.78, 5) is 0. The van der Waals surface area contributed by atoms with E-state index in [1.165, 1.54) is 29.6 Å². The van der Waals surface area contributed by atoms with Crippen LogP contribution in [0.15, 0.2) is 47.6 Å². The van der Waals surface area contributed by atoms with Crippen LogP contribution in [0.25, 0.3) is 0 Å². The van der Waals surface area contributed by atoms with Gasteiger partial charge >= 0.3 is 0 Å². The molecule has 2 N–H and O–H groups in total. The van der Waals surface area contributed by atoms with Crippen LogP contribution >= 0.6 is 0 Å².